The number of hydrogen-bond donors (Lipinski definition) is 2. The Morgan fingerprint density at radius 3 is 2.74 bits per heavy atom. The summed E-state index contributed by atoms with van der Waals surface area (Å²) in [7, 11) is 1.73. The van der Waals surface area contributed by atoms with Crippen LogP contribution in [0.4, 0.5) is 0 Å². The van der Waals surface area contributed by atoms with Crippen LogP contribution >= 0.6 is 0 Å². The van der Waals surface area contributed by atoms with Gasteiger partial charge in [-0.3, -0.25) is 9.59 Å². The Bertz CT molecular complexity index is 778. The van der Waals surface area contributed by atoms with Crippen molar-refractivity contribution in [2.24, 2.45) is 7.05 Å². The van der Waals surface area contributed by atoms with E-state index in [1.54, 1.807) is 23.9 Å². The molecular weight excluding hydrogens is 292 g/mol. The second kappa shape index (κ2) is 5.66. The number of nitrogens with one attached hydrogen (secondary N) is 1. The molecule has 0 fully saturated rings. The first kappa shape index (κ1) is 15.5. The third-order valence-corrected chi connectivity index (χ3v) is 4.62. The maximum atomic E-state index is 12.7. The van der Waals surface area contributed by atoms with Gasteiger partial charge in [-0.2, -0.15) is 0 Å². The van der Waals surface area contributed by atoms with Crippen molar-refractivity contribution >= 4 is 11.7 Å². The van der Waals surface area contributed by atoms with Gasteiger partial charge in [-0.1, -0.05) is 24.3 Å². The first-order chi connectivity index (χ1) is 11.0. The molecule has 1 heterocycles. The molecule has 1 unspecified atom stereocenters. The van der Waals surface area contributed by atoms with Gasteiger partial charge >= 0.3 is 0 Å². The molecule has 1 aromatic carbocycles. The Balaban J connectivity index is 1.92. The van der Waals surface area contributed by atoms with E-state index in [1.807, 2.05) is 24.3 Å². The fourth-order valence-electron chi connectivity index (χ4n) is 3.29. The molecule has 23 heavy (non-hydrogen) atoms. The van der Waals surface area contributed by atoms with Crippen LogP contribution in [0.15, 0.2) is 36.5 Å². The monoisotopic (exact) mass is 312 g/mol. The summed E-state index contributed by atoms with van der Waals surface area (Å²) in [6.45, 7) is 1.32. The summed E-state index contributed by atoms with van der Waals surface area (Å²) in [5, 5.41) is 12.9. The van der Waals surface area contributed by atoms with Crippen molar-refractivity contribution in [1.82, 2.24) is 9.88 Å². The molecule has 0 spiro atoms. The van der Waals surface area contributed by atoms with Crippen LogP contribution in [0.25, 0.3) is 0 Å². The van der Waals surface area contributed by atoms with Gasteiger partial charge in [-0.05, 0) is 37.0 Å². The van der Waals surface area contributed by atoms with E-state index < -0.39 is 5.54 Å². The molecule has 2 aromatic rings. The number of carbonyl (C=O) groups is 2. The summed E-state index contributed by atoms with van der Waals surface area (Å²) in [5.74, 6) is -0.367. The highest BCUT2D eigenvalue weighted by molar-refractivity contribution is 5.99. The minimum absolute atomic E-state index is 0.0808. The van der Waals surface area contributed by atoms with Gasteiger partial charge < -0.3 is 15.0 Å². The van der Waals surface area contributed by atoms with Crippen molar-refractivity contribution in [1.29, 1.82) is 0 Å². The molecule has 120 valence electrons. The van der Waals surface area contributed by atoms with Crippen molar-refractivity contribution in [3.05, 3.63) is 58.9 Å². The van der Waals surface area contributed by atoms with Gasteiger partial charge in [0.2, 0.25) is 0 Å². The number of nitrogens with zero attached hydrogens (tertiary/aromatic N) is 1. The zero-order valence-corrected chi connectivity index (χ0v) is 13.3. The highest BCUT2D eigenvalue weighted by Crippen LogP contribution is 2.36. The normalized spacial score (nSPS) is 19.4. The Kier molecular flexibility index (Phi) is 3.82. The molecule has 5 heteroatoms. The third-order valence-electron chi connectivity index (χ3n) is 4.62. The molecule has 2 N–H and O–H groups in total. The molecule has 0 bridgehead atoms. The van der Waals surface area contributed by atoms with Gasteiger partial charge in [0.25, 0.3) is 5.91 Å². The Labute approximate surface area is 134 Å². The zero-order valence-electron chi connectivity index (χ0n) is 13.3. The molecule has 0 aliphatic heterocycles. The number of hydrogen-bond acceptors (Lipinski definition) is 3. The molecule has 5 nitrogen and oxygen atoms in total. The lowest BCUT2D eigenvalue weighted by atomic mass is 9.92. The second-order valence-corrected chi connectivity index (χ2v) is 6.13. The number of aliphatic hydroxyl groups is 1. The molecule has 0 saturated carbocycles. The molecule has 0 saturated heterocycles. The molecule has 3 rings (SSSR count). The zero-order chi connectivity index (χ0) is 16.6. The van der Waals surface area contributed by atoms with E-state index in [0.29, 0.717) is 17.7 Å². The summed E-state index contributed by atoms with van der Waals surface area (Å²) in [6.07, 6.45) is 3.13. The van der Waals surface area contributed by atoms with Crippen molar-refractivity contribution in [2.75, 3.05) is 6.61 Å². The fourth-order valence-corrected chi connectivity index (χ4v) is 3.29. The van der Waals surface area contributed by atoms with Crippen LogP contribution in [-0.4, -0.2) is 28.0 Å². The molecule has 1 aromatic heterocycles. The van der Waals surface area contributed by atoms with Gasteiger partial charge in [-0.15, -0.1) is 0 Å². The highest BCUT2D eigenvalue weighted by atomic mass is 16.3. The molecular formula is C18H20N2O3. The second-order valence-electron chi connectivity index (χ2n) is 6.13. The van der Waals surface area contributed by atoms with Crippen LogP contribution in [0, 0.1) is 0 Å². The van der Waals surface area contributed by atoms with Crippen LogP contribution in [0.5, 0.6) is 0 Å². The van der Waals surface area contributed by atoms with E-state index in [0.717, 1.165) is 17.5 Å². The first-order valence-electron chi connectivity index (χ1n) is 7.66. The quantitative estimate of drug-likeness (QED) is 0.846. The molecule has 1 aliphatic carbocycles. The number of aliphatic hydroxyl groups excluding tert-OH is 1. The first-order valence-corrected chi connectivity index (χ1v) is 7.66. The number of rotatable bonds is 4. The Hall–Kier alpha value is -2.40. The maximum absolute atomic E-state index is 12.7. The average molecular weight is 312 g/mol. The number of benzene rings is 1. The number of ketones is 1. The summed E-state index contributed by atoms with van der Waals surface area (Å²) in [5.41, 5.74) is 2.28. The van der Waals surface area contributed by atoms with Crippen molar-refractivity contribution < 1.29 is 14.7 Å². The van der Waals surface area contributed by atoms with Crippen molar-refractivity contribution in [3.8, 4) is 0 Å². The lowest BCUT2D eigenvalue weighted by molar-refractivity contribution is 0.0820. The van der Waals surface area contributed by atoms with E-state index >= 15 is 0 Å². The van der Waals surface area contributed by atoms with E-state index in [4.69, 9.17) is 0 Å². The highest BCUT2D eigenvalue weighted by Gasteiger charge is 2.39. The van der Waals surface area contributed by atoms with Crippen LogP contribution in [0.1, 0.15) is 45.3 Å². The number of carbonyl (C=O) groups excluding carboxylic acids is 2. The van der Waals surface area contributed by atoms with E-state index in [9.17, 15) is 14.7 Å². The fraction of sp³-hybridized carbons (Fsp3) is 0.333. The van der Waals surface area contributed by atoms with Gasteiger partial charge in [0, 0.05) is 18.8 Å². The molecule has 1 amide bonds. The SMILES string of the molecule is CC(=O)c1cc(C(=O)NC2(CO)CCc3ccccc32)n(C)c1. The predicted molar refractivity (Wildman–Crippen MR) is 86.4 cm³/mol. The summed E-state index contributed by atoms with van der Waals surface area (Å²) >= 11 is 0. The lowest BCUT2D eigenvalue weighted by Crippen LogP contribution is -2.47. The number of amides is 1. The number of Topliss-reactive ketones (excluding diaryl/α,β-unsaturated/α-hetero) is 1. The van der Waals surface area contributed by atoms with Crippen LogP contribution in [0.2, 0.25) is 0 Å². The van der Waals surface area contributed by atoms with E-state index in [2.05, 4.69) is 5.32 Å². The molecule has 1 atom stereocenters. The topological polar surface area (TPSA) is 71.3 Å². The average Bonchev–Trinajstić information content (AvgIpc) is 3.10. The summed E-state index contributed by atoms with van der Waals surface area (Å²) in [6, 6.07) is 9.44. The minimum atomic E-state index is -0.756. The Morgan fingerprint density at radius 1 is 1.35 bits per heavy atom. The van der Waals surface area contributed by atoms with Gasteiger partial charge in [0.15, 0.2) is 5.78 Å². The van der Waals surface area contributed by atoms with E-state index in [1.165, 1.54) is 6.92 Å². The van der Waals surface area contributed by atoms with Crippen molar-refractivity contribution in [2.45, 2.75) is 25.3 Å². The van der Waals surface area contributed by atoms with Gasteiger partial charge in [0.05, 0.1) is 12.1 Å². The maximum Gasteiger partial charge on any atom is 0.268 e. The standard InChI is InChI=1S/C18H20N2O3/c1-12(22)14-9-16(20(2)10-14)17(23)19-18(11-21)8-7-13-5-3-4-6-15(13)18/h3-6,9-10,21H,7-8,11H2,1-2H3,(H,19,23). The van der Waals surface area contributed by atoms with Crippen LogP contribution < -0.4 is 5.32 Å². The van der Waals surface area contributed by atoms with Gasteiger partial charge in [0.1, 0.15) is 5.69 Å². The summed E-state index contributed by atoms with van der Waals surface area (Å²) in [4.78, 5) is 24.2. The summed E-state index contributed by atoms with van der Waals surface area (Å²) < 4.78 is 1.64. The number of aromatic nitrogens is 1. The molecule has 0 radical (unpaired) electrons. The number of fused-ring (bicyclic) bond motifs is 1. The number of aryl methyl sites for hydroxylation is 2. The van der Waals surface area contributed by atoms with Gasteiger partial charge in [-0.25, -0.2) is 0 Å². The smallest absolute Gasteiger partial charge is 0.268 e. The van der Waals surface area contributed by atoms with E-state index in [-0.39, 0.29) is 18.3 Å². The lowest BCUT2D eigenvalue weighted by Gasteiger charge is -2.29. The van der Waals surface area contributed by atoms with Crippen LogP contribution in [0.3, 0.4) is 0 Å². The van der Waals surface area contributed by atoms with Crippen LogP contribution in [-0.2, 0) is 19.0 Å². The minimum Gasteiger partial charge on any atom is -0.394 e. The Morgan fingerprint density at radius 2 is 2.09 bits per heavy atom. The predicted octanol–water partition coefficient (Wildman–Crippen LogP) is 1.79. The largest absolute Gasteiger partial charge is 0.394 e. The third kappa shape index (κ3) is 2.57. The molecule has 1 aliphatic rings. The van der Waals surface area contributed by atoms with Crippen molar-refractivity contribution in [3.63, 3.8) is 0 Å².